The zero-order valence-corrected chi connectivity index (χ0v) is 45.2. The van der Waals surface area contributed by atoms with Crippen LogP contribution in [0.25, 0.3) is 121 Å². The summed E-state index contributed by atoms with van der Waals surface area (Å²) in [5.74, 6) is 0. The molecular formula is C77H54N4. The van der Waals surface area contributed by atoms with Gasteiger partial charge in [0.1, 0.15) is 0 Å². The molecule has 4 aromatic heterocycles. The van der Waals surface area contributed by atoms with Crippen LogP contribution in [-0.2, 0) is 19.3 Å². The maximum Gasteiger partial charge on any atom is 0.0541 e. The van der Waals surface area contributed by atoms with E-state index in [4.69, 9.17) is 0 Å². The number of fused-ring (bicyclic) bond motifs is 15. The van der Waals surface area contributed by atoms with E-state index < -0.39 is 0 Å². The van der Waals surface area contributed by atoms with Crippen molar-refractivity contribution in [2.45, 2.75) is 33.1 Å². The van der Waals surface area contributed by atoms with Gasteiger partial charge in [-0.25, -0.2) is 0 Å². The summed E-state index contributed by atoms with van der Waals surface area (Å²) < 4.78 is 9.65. The number of benzene rings is 12. The molecule has 17 rings (SSSR count). The predicted molar refractivity (Wildman–Crippen MR) is 340 cm³/mol. The van der Waals surface area contributed by atoms with Gasteiger partial charge >= 0.3 is 0 Å². The lowest BCUT2D eigenvalue weighted by Crippen LogP contribution is -1.98. The van der Waals surface area contributed by atoms with E-state index in [0.717, 1.165) is 42.0 Å². The molecule has 81 heavy (non-hydrogen) atoms. The van der Waals surface area contributed by atoms with Gasteiger partial charge in [-0.05, 0) is 198 Å². The van der Waals surface area contributed by atoms with E-state index in [9.17, 15) is 0 Å². The number of rotatable bonds is 8. The van der Waals surface area contributed by atoms with Crippen LogP contribution in [0.15, 0.2) is 255 Å². The summed E-state index contributed by atoms with van der Waals surface area (Å²) >= 11 is 0. The lowest BCUT2D eigenvalue weighted by molar-refractivity contribution is 1.13. The minimum atomic E-state index is 0.870. The Kier molecular flexibility index (Phi) is 10.00. The third-order valence-electron chi connectivity index (χ3n) is 18.0. The van der Waals surface area contributed by atoms with Crippen molar-refractivity contribution in [1.29, 1.82) is 0 Å². The first-order chi connectivity index (χ1) is 40.0. The third kappa shape index (κ3) is 7.03. The van der Waals surface area contributed by atoms with Crippen molar-refractivity contribution in [3.63, 3.8) is 0 Å². The van der Waals surface area contributed by atoms with E-state index in [1.807, 2.05) is 0 Å². The second kappa shape index (κ2) is 17.7. The van der Waals surface area contributed by atoms with Crippen molar-refractivity contribution in [3.8, 4) is 33.9 Å². The van der Waals surface area contributed by atoms with Crippen molar-refractivity contribution in [1.82, 2.24) is 18.3 Å². The van der Waals surface area contributed by atoms with Gasteiger partial charge in [0.15, 0.2) is 0 Å². The molecule has 0 saturated heterocycles. The molecule has 12 aromatic carbocycles. The second-order valence-corrected chi connectivity index (χ2v) is 22.6. The van der Waals surface area contributed by atoms with Gasteiger partial charge in [0.25, 0.3) is 0 Å². The number of aromatic nitrogens is 4. The van der Waals surface area contributed by atoms with Gasteiger partial charge < -0.3 is 18.3 Å². The summed E-state index contributed by atoms with van der Waals surface area (Å²) in [6.07, 6.45) is 2.72. The standard InChI is InChI=1S/C77H54N4/c1-48-39-54-45-55-40-49(2)53(42-51-28-38-77-69(44-51)65-20-8-14-26-75(65)81(77)59-35-31-57(32-36-59)79-72-23-11-5-17-62(72)63-18-6-12-24-73(63)79)47-67(55)66(54)46-52(48)41-50-27-37-76-68(43-50)64-19-7-13-25-74(64)80(76)58-33-29-56(30-34-58)78-70-21-9-3-15-60(70)61-16-4-10-22-71(61)78/h3-40,43-44,46-47H,41-42,45H2,1-2H3. The van der Waals surface area contributed by atoms with Gasteiger partial charge in [0.05, 0.1) is 44.1 Å². The Balaban J connectivity index is 0.673. The number of nitrogens with zero attached hydrogens (tertiary/aromatic N) is 4. The topological polar surface area (TPSA) is 19.7 Å². The van der Waals surface area contributed by atoms with Crippen LogP contribution in [0.1, 0.15) is 44.5 Å². The Morgan fingerprint density at radius 1 is 0.259 bits per heavy atom. The van der Waals surface area contributed by atoms with Crippen molar-refractivity contribution in [3.05, 3.63) is 299 Å². The molecule has 0 bridgehead atoms. The largest absolute Gasteiger partial charge is 0.309 e. The fourth-order valence-corrected chi connectivity index (χ4v) is 14.2. The molecule has 0 atom stereocenters. The monoisotopic (exact) mass is 1030 g/mol. The summed E-state index contributed by atoms with van der Waals surface area (Å²) in [4.78, 5) is 0. The van der Waals surface area contributed by atoms with Gasteiger partial charge in [0.2, 0.25) is 0 Å². The molecule has 0 saturated carbocycles. The van der Waals surface area contributed by atoms with E-state index in [0.29, 0.717) is 0 Å². The molecule has 4 nitrogen and oxygen atoms in total. The zero-order chi connectivity index (χ0) is 53.4. The van der Waals surface area contributed by atoms with Gasteiger partial charge in [-0.15, -0.1) is 0 Å². The third-order valence-corrected chi connectivity index (χ3v) is 18.0. The Labute approximate surface area is 469 Å². The van der Waals surface area contributed by atoms with Crippen molar-refractivity contribution < 1.29 is 0 Å². The van der Waals surface area contributed by atoms with Crippen LogP contribution in [0.2, 0.25) is 0 Å². The normalized spacial score (nSPS) is 12.4. The van der Waals surface area contributed by atoms with Crippen LogP contribution in [0.3, 0.4) is 0 Å². The highest BCUT2D eigenvalue weighted by Crippen LogP contribution is 2.43. The molecule has 1 aliphatic carbocycles. The van der Waals surface area contributed by atoms with Crippen molar-refractivity contribution in [2.75, 3.05) is 0 Å². The van der Waals surface area contributed by atoms with Crippen LogP contribution in [0.4, 0.5) is 0 Å². The van der Waals surface area contributed by atoms with Gasteiger partial charge in [-0.1, -0.05) is 146 Å². The highest BCUT2D eigenvalue weighted by molar-refractivity contribution is 6.12. The molecule has 0 spiro atoms. The highest BCUT2D eigenvalue weighted by Gasteiger charge is 2.24. The van der Waals surface area contributed by atoms with Crippen molar-refractivity contribution >= 4 is 87.2 Å². The Hall–Kier alpha value is -10.2. The molecule has 4 heterocycles. The molecule has 16 aromatic rings. The summed E-state index contributed by atoms with van der Waals surface area (Å²) in [6.45, 7) is 4.61. The summed E-state index contributed by atoms with van der Waals surface area (Å²) in [5.41, 5.74) is 28.2. The summed E-state index contributed by atoms with van der Waals surface area (Å²) in [6, 6.07) is 95.1. The first-order valence-electron chi connectivity index (χ1n) is 28.4. The molecule has 4 heteroatoms. The lowest BCUT2D eigenvalue weighted by Gasteiger charge is -2.13. The lowest BCUT2D eigenvalue weighted by atomic mass is 9.92. The number of hydrogen-bond acceptors (Lipinski definition) is 0. The van der Waals surface area contributed by atoms with Crippen LogP contribution >= 0.6 is 0 Å². The number of hydrogen-bond donors (Lipinski definition) is 0. The molecule has 0 fully saturated rings. The maximum atomic E-state index is 2.51. The van der Waals surface area contributed by atoms with Gasteiger partial charge in [-0.3, -0.25) is 0 Å². The van der Waals surface area contributed by atoms with Gasteiger partial charge in [0, 0.05) is 65.8 Å². The molecular weight excluding hydrogens is 981 g/mol. The number of para-hydroxylation sites is 6. The smallest absolute Gasteiger partial charge is 0.0541 e. The van der Waals surface area contributed by atoms with Crippen LogP contribution in [0.5, 0.6) is 0 Å². The Bertz CT molecular complexity index is 4830. The minimum absolute atomic E-state index is 0.870. The SMILES string of the molecule is Cc1cc2c(cc1Cc1ccc3c(c1)c1ccccc1n3-c1ccc(-n3c4ccccc4c4ccccc43)cc1)-c1cc(Cc3ccc4c(c3)c3ccccc3n4-c3ccc(-n4c5ccccc5c5ccccc54)cc3)c(C)cc1C2. The Morgan fingerprint density at radius 2 is 0.519 bits per heavy atom. The van der Waals surface area contributed by atoms with Crippen molar-refractivity contribution in [2.24, 2.45) is 0 Å². The van der Waals surface area contributed by atoms with E-state index in [-0.39, 0.29) is 0 Å². The second-order valence-electron chi connectivity index (χ2n) is 22.6. The number of aryl methyl sites for hydroxylation is 2. The van der Waals surface area contributed by atoms with Crippen LogP contribution < -0.4 is 0 Å². The molecule has 0 amide bonds. The minimum Gasteiger partial charge on any atom is -0.309 e. The predicted octanol–water partition coefficient (Wildman–Crippen LogP) is 19.4. The summed E-state index contributed by atoms with van der Waals surface area (Å²) in [5, 5.41) is 10.2. The Morgan fingerprint density at radius 3 is 0.815 bits per heavy atom. The van der Waals surface area contributed by atoms with E-state index in [2.05, 4.69) is 287 Å². The van der Waals surface area contributed by atoms with Crippen LogP contribution in [0, 0.1) is 13.8 Å². The van der Waals surface area contributed by atoms with Gasteiger partial charge in [-0.2, -0.15) is 0 Å². The highest BCUT2D eigenvalue weighted by atomic mass is 15.0. The van der Waals surface area contributed by atoms with E-state index in [1.165, 1.54) is 143 Å². The molecule has 0 radical (unpaired) electrons. The first kappa shape index (κ1) is 45.8. The molecule has 1 aliphatic rings. The summed E-state index contributed by atoms with van der Waals surface area (Å²) in [7, 11) is 0. The fraction of sp³-hybridized carbons (Fsp3) is 0.0649. The van der Waals surface area contributed by atoms with E-state index in [1.54, 1.807) is 0 Å². The van der Waals surface area contributed by atoms with E-state index >= 15 is 0 Å². The average molecular weight is 1040 g/mol. The first-order valence-corrected chi connectivity index (χ1v) is 28.4. The molecule has 0 aliphatic heterocycles. The van der Waals surface area contributed by atoms with Crippen LogP contribution in [-0.4, -0.2) is 18.3 Å². The quantitative estimate of drug-likeness (QED) is 0.145. The fourth-order valence-electron chi connectivity index (χ4n) is 14.2. The average Bonchev–Trinajstić information content (AvgIpc) is 4.34. The molecule has 0 N–H and O–H groups in total. The maximum absolute atomic E-state index is 2.51. The molecule has 382 valence electrons. The molecule has 0 unspecified atom stereocenters. The zero-order valence-electron chi connectivity index (χ0n) is 45.2.